The zero-order valence-corrected chi connectivity index (χ0v) is 15.1. The fraction of sp³-hybridized carbons (Fsp3) is 1.00. The predicted octanol–water partition coefficient (Wildman–Crippen LogP) is 5.67. The van der Waals surface area contributed by atoms with E-state index < -0.39 is 12.3 Å². The van der Waals surface area contributed by atoms with E-state index >= 15 is 0 Å². The van der Waals surface area contributed by atoms with E-state index in [0.717, 1.165) is 37.5 Å². The number of alkyl halides is 2. The molecule has 0 bridgehead atoms. The number of hydrogen-bond acceptors (Lipinski definition) is 2. The maximum atomic E-state index is 14.3. The van der Waals surface area contributed by atoms with Crippen LogP contribution in [0.4, 0.5) is 8.78 Å². The van der Waals surface area contributed by atoms with Crippen molar-refractivity contribution in [2.45, 2.75) is 87.1 Å². The summed E-state index contributed by atoms with van der Waals surface area (Å²) < 4.78 is 28.3. The van der Waals surface area contributed by atoms with Crippen molar-refractivity contribution in [3.63, 3.8) is 0 Å². The molecule has 3 rings (SSSR count). The summed E-state index contributed by atoms with van der Waals surface area (Å²) >= 11 is 8.78. The molecule has 3 aliphatic carbocycles. The molecule has 0 nitrogen and oxygen atoms in total. The van der Waals surface area contributed by atoms with Crippen LogP contribution in [0.3, 0.4) is 0 Å². The third-order valence-corrected chi connectivity index (χ3v) is 7.77. The van der Waals surface area contributed by atoms with Gasteiger partial charge >= 0.3 is 0 Å². The summed E-state index contributed by atoms with van der Waals surface area (Å²) in [5.74, 6) is 2.06. The van der Waals surface area contributed by atoms with Crippen LogP contribution in [0.5, 0.6) is 0 Å². The predicted molar refractivity (Wildman–Crippen MR) is 95.5 cm³/mol. The third-order valence-electron chi connectivity index (χ3n) is 6.71. The summed E-state index contributed by atoms with van der Waals surface area (Å²) in [5.41, 5.74) is 0. The van der Waals surface area contributed by atoms with Crippen molar-refractivity contribution >= 4 is 25.3 Å². The molecule has 0 saturated heterocycles. The first-order valence-corrected chi connectivity index (χ1v) is 10.2. The Kier molecular flexibility index (Phi) is 6.03. The molecule has 3 fully saturated rings. The van der Waals surface area contributed by atoms with Gasteiger partial charge in [0.05, 0.1) is 0 Å². The highest BCUT2D eigenvalue weighted by Crippen LogP contribution is 2.46. The highest BCUT2D eigenvalue weighted by molar-refractivity contribution is 7.81. The van der Waals surface area contributed by atoms with Crippen molar-refractivity contribution in [3.8, 4) is 0 Å². The molecule has 0 N–H and O–H groups in total. The summed E-state index contributed by atoms with van der Waals surface area (Å²) in [6.07, 6.45) is 8.79. The lowest BCUT2D eigenvalue weighted by atomic mass is 9.66. The Morgan fingerprint density at radius 3 is 1.64 bits per heavy atom. The van der Waals surface area contributed by atoms with Gasteiger partial charge in [-0.05, 0) is 87.9 Å². The quantitative estimate of drug-likeness (QED) is 0.591. The van der Waals surface area contributed by atoms with E-state index in [4.69, 9.17) is 0 Å². The Morgan fingerprint density at radius 1 is 0.545 bits per heavy atom. The smallest absolute Gasteiger partial charge is 0.143 e. The van der Waals surface area contributed by atoms with Gasteiger partial charge in [0, 0.05) is 10.5 Å². The standard InChI is InChI=1S/C18H30F2S2/c19-17-15(9-10-16(22)18(17)20)13-3-1-11(2-4-13)12-5-7-14(21)8-6-12/h11-18,21-22H,1-10H2. The van der Waals surface area contributed by atoms with Crippen molar-refractivity contribution in [2.75, 3.05) is 0 Å². The number of hydrogen-bond donors (Lipinski definition) is 2. The Hall–Kier alpha value is 0.560. The van der Waals surface area contributed by atoms with Gasteiger partial charge in [0.15, 0.2) is 0 Å². The number of halogens is 2. The molecule has 0 aromatic rings. The van der Waals surface area contributed by atoms with Gasteiger partial charge in [0.1, 0.15) is 12.3 Å². The molecule has 22 heavy (non-hydrogen) atoms. The summed E-state index contributed by atoms with van der Waals surface area (Å²) in [5, 5.41) is 0.219. The second kappa shape index (κ2) is 7.63. The van der Waals surface area contributed by atoms with Crippen LogP contribution < -0.4 is 0 Å². The van der Waals surface area contributed by atoms with Crippen LogP contribution in [0.15, 0.2) is 0 Å². The second-order valence-electron chi connectivity index (χ2n) is 7.94. The minimum Gasteiger partial charge on any atom is -0.244 e. The Labute approximate surface area is 145 Å². The molecule has 0 aromatic carbocycles. The highest BCUT2D eigenvalue weighted by atomic mass is 32.1. The molecule has 3 saturated carbocycles. The number of rotatable bonds is 2. The van der Waals surface area contributed by atoms with Gasteiger partial charge in [-0.3, -0.25) is 0 Å². The van der Waals surface area contributed by atoms with Gasteiger partial charge in [-0.15, -0.1) is 0 Å². The van der Waals surface area contributed by atoms with Crippen molar-refractivity contribution in [3.05, 3.63) is 0 Å². The molecule has 4 heteroatoms. The average molecular weight is 349 g/mol. The minimum atomic E-state index is -1.36. The van der Waals surface area contributed by atoms with Gasteiger partial charge in [0.25, 0.3) is 0 Å². The van der Waals surface area contributed by atoms with Crippen molar-refractivity contribution in [1.82, 2.24) is 0 Å². The van der Waals surface area contributed by atoms with Crippen LogP contribution in [-0.4, -0.2) is 22.8 Å². The van der Waals surface area contributed by atoms with Crippen LogP contribution >= 0.6 is 25.3 Å². The van der Waals surface area contributed by atoms with Gasteiger partial charge in [-0.1, -0.05) is 0 Å². The molecule has 3 aliphatic rings. The van der Waals surface area contributed by atoms with E-state index in [2.05, 4.69) is 25.3 Å². The molecular formula is C18H30F2S2. The molecule has 0 heterocycles. The molecule has 4 unspecified atom stereocenters. The lowest BCUT2D eigenvalue weighted by molar-refractivity contribution is 0.0202. The van der Waals surface area contributed by atoms with Gasteiger partial charge in [-0.2, -0.15) is 25.3 Å². The first-order chi connectivity index (χ1) is 10.6. The number of thiol groups is 2. The fourth-order valence-electron chi connectivity index (χ4n) is 5.24. The molecule has 4 atom stereocenters. The van der Waals surface area contributed by atoms with Crippen molar-refractivity contribution in [2.24, 2.45) is 23.7 Å². The first kappa shape index (κ1) is 17.4. The maximum absolute atomic E-state index is 14.3. The Balaban J connectivity index is 1.49. The average Bonchev–Trinajstić information content (AvgIpc) is 2.54. The van der Waals surface area contributed by atoms with Crippen LogP contribution in [0.1, 0.15) is 64.2 Å². The Bertz CT molecular complexity index is 349. The molecule has 0 aromatic heterocycles. The first-order valence-electron chi connectivity index (χ1n) is 9.20. The highest BCUT2D eigenvalue weighted by Gasteiger charge is 2.43. The summed E-state index contributed by atoms with van der Waals surface area (Å²) in [7, 11) is 0. The van der Waals surface area contributed by atoms with Crippen LogP contribution in [-0.2, 0) is 0 Å². The molecular weight excluding hydrogens is 318 g/mol. The molecule has 0 radical (unpaired) electrons. The molecule has 0 aliphatic heterocycles. The zero-order valence-electron chi connectivity index (χ0n) is 13.3. The van der Waals surface area contributed by atoms with Crippen LogP contribution in [0, 0.1) is 23.7 Å². The van der Waals surface area contributed by atoms with Crippen molar-refractivity contribution in [1.29, 1.82) is 0 Å². The van der Waals surface area contributed by atoms with E-state index in [1.165, 1.54) is 38.5 Å². The summed E-state index contributed by atoms with van der Waals surface area (Å²) in [6, 6.07) is 0. The lowest BCUT2D eigenvalue weighted by Crippen LogP contribution is -2.43. The normalized spacial score (nSPS) is 50.7. The summed E-state index contributed by atoms with van der Waals surface area (Å²) in [6.45, 7) is 0. The minimum absolute atomic E-state index is 0.0486. The topological polar surface area (TPSA) is 0 Å². The molecule has 0 spiro atoms. The van der Waals surface area contributed by atoms with Gasteiger partial charge in [-0.25, -0.2) is 8.78 Å². The van der Waals surface area contributed by atoms with E-state index in [9.17, 15) is 8.78 Å². The molecule has 0 amide bonds. The van der Waals surface area contributed by atoms with Crippen LogP contribution in [0.25, 0.3) is 0 Å². The zero-order chi connectivity index (χ0) is 15.7. The van der Waals surface area contributed by atoms with Gasteiger partial charge < -0.3 is 0 Å². The van der Waals surface area contributed by atoms with E-state index in [1.807, 2.05) is 0 Å². The van der Waals surface area contributed by atoms with Gasteiger partial charge in [0.2, 0.25) is 0 Å². The van der Waals surface area contributed by atoms with E-state index in [1.54, 1.807) is 0 Å². The monoisotopic (exact) mass is 348 g/mol. The summed E-state index contributed by atoms with van der Waals surface area (Å²) in [4.78, 5) is 0. The lowest BCUT2D eigenvalue weighted by Gasteiger charge is -2.42. The van der Waals surface area contributed by atoms with Crippen LogP contribution in [0.2, 0.25) is 0 Å². The van der Waals surface area contributed by atoms with E-state index in [-0.39, 0.29) is 11.2 Å². The fourth-order valence-corrected chi connectivity index (χ4v) is 5.85. The molecule has 128 valence electrons. The van der Waals surface area contributed by atoms with Crippen molar-refractivity contribution < 1.29 is 8.78 Å². The SMILES string of the molecule is FC1C(S)CCC(C2CCC(C3CCC(S)CC3)CC2)C1F. The second-order valence-corrected chi connectivity index (χ2v) is 9.33. The maximum Gasteiger partial charge on any atom is 0.143 e. The van der Waals surface area contributed by atoms with E-state index in [0.29, 0.717) is 11.2 Å². The Morgan fingerprint density at radius 2 is 1.05 bits per heavy atom. The third kappa shape index (κ3) is 3.79. The largest absolute Gasteiger partial charge is 0.244 e.